The highest BCUT2D eigenvalue weighted by Crippen LogP contribution is 2.64. The molecule has 2 heteroatoms. The monoisotopic (exact) mass is 296 g/mol. The number of hydrogen-bond acceptors (Lipinski definition) is 2. The van der Waals surface area contributed by atoms with Crippen molar-refractivity contribution in [2.75, 3.05) is 0 Å². The van der Waals surface area contributed by atoms with E-state index in [-0.39, 0.29) is 16.6 Å². The van der Waals surface area contributed by atoms with E-state index < -0.39 is 0 Å². The molecule has 0 bridgehead atoms. The molecule has 0 saturated heterocycles. The van der Waals surface area contributed by atoms with Crippen molar-refractivity contribution in [3.8, 4) is 0 Å². The summed E-state index contributed by atoms with van der Waals surface area (Å²) < 4.78 is 0. The number of ketones is 2. The molecule has 2 nitrogen and oxygen atoms in total. The fourth-order valence-electron chi connectivity index (χ4n) is 5.98. The topological polar surface area (TPSA) is 34.1 Å². The fourth-order valence-corrected chi connectivity index (χ4v) is 5.98. The van der Waals surface area contributed by atoms with Crippen molar-refractivity contribution in [3.05, 3.63) is 36.0 Å². The number of carbonyl (C=O) groups is 2. The van der Waals surface area contributed by atoms with Crippen LogP contribution in [-0.2, 0) is 9.59 Å². The highest BCUT2D eigenvalue weighted by molar-refractivity contribution is 6.02. The third-order valence-electron chi connectivity index (χ3n) is 7.24. The van der Waals surface area contributed by atoms with Crippen molar-refractivity contribution in [1.82, 2.24) is 0 Å². The van der Waals surface area contributed by atoms with Crippen LogP contribution >= 0.6 is 0 Å². The number of carbonyl (C=O) groups excluding carboxylic acids is 2. The van der Waals surface area contributed by atoms with Crippen LogP contribution in [0.4, 0.5) is 0 Å². The number of allylic oxidation sites excluding steroid dienone is 5. The molecule has 0 N–H and O–H groups in total. The quantitative estimate of drug-likeness (QED) is 0.676. The molecular weight excluding hydrogens is 272 g/mol. The number of fused-ring (bicyclic) bond motifs is 5. The highest BCUT2D eigenvalue weighted by atomic mass is 16.1. The molecule has 0 amide bonds. The first-order valence-corrected chi connectivity index (χ1v) is 8.53. The molecule has 0 radical (unpaired) electrons. The lowest BCUT2D eigenvalue weighted by atomic mass is 9.48. The zero-order valence-corrected chi connectivity index (χ0v) is 13.5. The van der Waals surface area contributed by atoms with E-state index in [1.165, 1.54) is 0 Å². The standard InChI is InChI=1S/C20H24O2/c1-12-10-14-15-4-5-18(22)20(15,3)9-7-16(14)19(2)8-6-13(21)11-17(12)19/h6,8,11,14-16H,1,4-5,7,9-10H2,2-3H3/t14?,15-,16-,19?,20?/m0/s1. The van der Waals surface area contributed by atoms with Crippen LogP contribution < -0.4 is 0 Å². The van der Waals surface area contributed by atoms with Gasteiger partial charge in [0.15, 0.2) is 5.78 Å². The molecule has 3 unspecified atom stereocenters. The highest BCUT2D eigenvalue weighted by Gasteiger charge is 2.59. The first-order chi connectivity index (χ1) is 10.4. The minimum absolute atomic E-state index is 0.0686. The normalized spacial score (nSPS) is 46.9. The van der Waals surface area contributed by atoms with Gasteiger partial charge in [-0.2, -0.15) is 0 Å². The van der Waals surface area contributed by atoms with Gasteiger partial charge in [0.25, 0.3) is 0 Å². The molecule has 0 aromatic rings. The summed E-state index contributed by atoms with van der Waals surface area (Å²) in [4.78, 5) is 24.2. The second kappa shape index (κ2) is 4.31. The van der Waals surface area contributed by atoms with Gasteiger partial charge in [0.05, 0.1) is 0 Å². The molecule has 4 aliphatic carbocycles. The largest absolute Gasteiger partial charge is 0.299 e. The average molecular weight is 296 g/mol. The maximum atomic E-state index is 12.4. The van der Waals surface area contributed by atoms with E-state index >= 15 is 0 Å². The molecule has 4 aliphatic rings. The van der Waals surface area contributed by atoms with Crippen molar-refractivity contribution in [1.29, 1.82) is 0 Å². The van der Waals surface area contributed by atoms with Gasteiger partial charge >= 0.3 is 0 Å². The summed E-state index contributed by atoms with van der Waals surface area (Å²) in [5, 5.41) is 0. The minimum Gasteiger partial charge on any atom is -0.299 e. The summed E-state index contributed by atoms with van der Waals surface area (Å²) in [6.07, 6.45) is 10.5. The second-order valence-electron chi connectivity index (χ2n) is 8.18. The molecule has 116 valence electrons. The van der Waals surface area contributed by atoms with Crippen LogP contribution in [0.25, 0.3) is 0 Å². The summed E-state index contributed by atoms with van der Waals surface area (Å²) in [5.41, 5.74) is 2.09. The average Bonchev–Trinajstić information content (AvgIpc) is 2.77. The van der Waals surface area contributed by atoms with E-state index in [1.807, 2.05) is 0 Å². The van der Waals surface area contributed by atoms with Gasteiger partial charge in [0, 0.05) is 17.3 Å². The smallest absolute Gasteiger partial charge is 0.178 e. The summed E-state index contributed by atoms with van der Waals surface area (Å²) >= 11 is 0. The molecule has 3 fully saturated rings. The van der Waals surface area contributed by atoms with Gasteiger partial charge in [-0.3, -0.25) is 9.59 Å². The van der Waals surface area contributed by atoms with Crippen molar-refractivity contribution < 1.29 is 9.59 Å². The van der Waals surface area contributed by atoms with Gasteiger partial charge in [0.2, 0.25) is 0 Å². The van der Waals surface area contributed by atoms with E-state index in [1.54, 1.807) is 12.2 Å². The van der Waals surface area contributed by atoms with Gasteiger partial charge in [-0.15, -0.1) is 0 Å². The Bertz CT molecular complexity index is 653. The summed E-state index contributed by atoms with van der Waals surface area (Å²) in [6.45, 7) is 8.75. The van der Waals surface area contributed by atoms with Crippen LogP contribution in [-0.4, -0.2) is 11.6 Å². The Morgan fingerprint density at radius 1 is 1.18 bits per heavy atom. The van der Waals surface area contributed by atoms with Crippen LogP contribution in [0.15, 0.2) is 36.0 Å². The van der Waals surface area contributed by atoms with Crippen LogP contribution in [0, 0.1) is 28.6 Å². The van der Waals surface area contributed by atoms with Gasteiger partial charge < -0.3 is 0 Å². The predicted octanol–water partition coefficient (Wildman–Crippen LogP) is 4.03. The molecule has 0 spiro atoms. The Labute approximate surface area is 132 Å². The molecule has 0 aliphatic heterocycles. The predicted molar refractivity (Wildman–Crippen MR) is 86.1 cm³/mol. The maximum absolute atomic E-state index is 12.4. The van der Waals surface area contributed by atoms with Crippen molar-refractivity contribution in [2.24, 2.45) is 28.6 Å². The molecule has 0 heterocycles. The Balaban J connectivity index is 1.78. The van der Waals surface area contributed by atoms with Crippen LogP contribution in [0.2, 0.25) is 0 Å². The Hall–Kier alpha value is -1.44. The van der Waals surface area contributed by atoms with E-state index in [4.69, 9.17) is 0 Å². The zero-order valence-electron chi connectivity index (χ0n) is 13.5. The lowest BCUT2D eigenvalue weighted by Gasteiger charge is -2.56. The molecular formula is C20H24O2. The SMILES string of the molecule is C=C1CC2[C@H](CCC3(C)C(=O)CC[C@@H]23)C2(C)C=CC(=O)C=C12. The molecule has 3 saturated carbocycles. The van der Waals surface area contributed by atoms with Crippen LogP contribution in [0.3, 0.4) is 0 Å². The molecule has 0 aromatic heterocycles. The van der Waals surface area contributed by atoms with Crippen LogP contribution in [0.1, 0.15) is 46.0 Å². The lowest BCUT2D eigenvalue weighted by molar-refractivity contribution is -0.131. The lowest BCUT2D eigenvalue weighted by Crippen LogP contribution is -2.50. The second-order valence-corrected chi connectivity index (χ2v) is 8.18. The summed E-state index contributed by atoms with van der Waals surface area (Å²) in [6, 6.07) is 0. The van der Waals surface area contributed by atoms with Crippen molar-refractivity contribution >= 4 is 11.6 Å². The molecule has 0 aromatic carbocycles. The van der Waals surface area contributed by atoms with E-state index in [0.717, 1.165) is 43.3 Å². The van der Waals surface area contributed by atoms with Crippen LogP contribution in [0.5, 0.6) is 0 Å². The Morgan fingerprint density at radius 3 is 2.73 bits per heavy atom. The van der Waals surface area contributed by atoms with Crippen molar-refractivity contribution in [3.63, 3.8) is 0 Å². The van der Waals surface area contributed by atoms with Gasteiger partial charge in [-0.05, 0) is 61.2 Å². The van der Waals surface area contributed by atoms with E-state index in [0.29, 0.717) is 23.5 Å². The first-order valence-electron chi connectivity index (χ1n) is 8.53. The van der Waals surface area contributed by atoms with Gasteiger partial charge in [0.1, 0.15) is 5.78 Å². The van der Waals surface area contributed by atoms with Gasteiger partial charge in [-0.1, -0.05) is 32.1 Å². The third kappa shape index (κ3) is 1.61. The van der Waals surface area contributed by atoms with E-state index in [2.05, 4.69) is 26.5 Å². The fraction of sp³-hybridized carbons (Fsp3) is 0.600. The van der Waals surface area contributed by atoms with Crippen molar-refractivity contribution in [2.45, 2.75) is 46.0 Å². The van der Waals surface area contributed by atoms with E-state index in [9.17, 15) is 9.59 Å². The summed E-state index contributed by atoms with van der Waals surface area (Å²) in [5.74, 6) is 2.14. The molecule has 4 rings (SSSR count). The number of rotatable bonds is 0. The number of hydrogen-bond donors (Lipinski definition) is 0. The number of Topliss-reactive ketones (excluding diaryl/α,β-unsaturated/α-hetero) is 1. The molecule has 5 atom stereocenters. The Kier molecular flexibility index (Phi) is 2.77. The Morgan fingerprint density at radius 2 is 1.95 bits per heavy atom. The third-order valence-corrected chi connectivity index (χ3v) is 7.24. The minimum atomic E-state index is -0.104. The first kappa shape index (κ1) is 14.2. The maximum Gasteiger partial charge on any atom is 0.178 e. The van der Waals surface area contributed by atoms with Gasteiger partial charge in [-0.25, -0.2) is 0 Å². The summed E-state index contributed by atoms with van der Waals surface area (Å²) in [7, 11) is 0. The molecule has 22 heavy (non-hydrogen) atoms. The zero-order chi connectivity index (χ0) is 15.7.